The molecule has 4 heteroatoms. The van der Waals surface area contributed by atoms with Crippen molar-refractivity contribution in [1.82, 2.24) is 9.55 Å². The Kier molecular flexibility index (Phi) is 3.05. The Balaban J connectivity index is 2.10. The number of hydrogen-bond donors (Lipinski definition) is 1. The Hall–Kier alpha value is -1.81. The van der Waals surface area contributed by atoms with E-state index in [0.29, 0.717) is 6.54 Å². The van der Waals surface area contributed by atoms with Crippen LogP contribution in [0.5, 0.6) is 0 Å². The van der Waals surface area contributed by atoms with E-state index < -0.39 is 0 Å². The number of aromatic nitrogens is 2. The maximum absolute atomic E-state index is 12.1. The summed E-state index contributed by atoms with van der Waals surface area (Å²) in [6.07, 6.45) is 0. The SMILES string of the molecule is Cc1ccc(Cn2c(=O)[nH]c3c(C)c(C)sc32)cc1C. The number of nitrogens with zero attached hydrogens (tertiary/aromatic N) is 1. The molecule has 1 aromatic carbocycles. The van der Waals surface area contributed by atoms with Crippen molar-refractivity contribution in [3.8, 4) is 0 Å². The number of imidazole rings is 1. The van der Waals surface area contributed by atoms with Gasteiger partial charge in [-0.05, 0) is 49.9 Å². The van der Waals surface area contributed by atoms with E-state index in [9.17, 15) is 4.79 Å². The molecule has 0 saturated carbocycles. The van der Waals surface area contributed by atoms with Gasteiger partial charge in [0.2, 0.25) is 0 Å². The van der Waals surface area contributed by atoms with Gasteiger partial charge < -0.3 is 4.98 Å². The average molecular weight is 286 g/mol. The van der Waals surface area contributed by atoms with Crippen molar-refractivity contribution in [2.45, 2.75) is 34.2 Å². The minimum Gasteiger partial charge on any atom is -0.304 e. The van der Waals surface area contributed by atoms with Gasteiger partial charge in [0.05, 0.1) is 12.1 Å². The summed E-state index contributed by atoms with van der Waals surface area (Å²) in [5.41, 5.74) is 5.86. The van der Waals surface area contributed by atoms with Crippen molar-refractivity contribution in [2.75, 3.05) is 0 Å². The maximum Gasteiger partial charge on any atom is 0.327 e. The van der Waals surface area contributed by atoms with Crippen molar-refractivity contribution in [3.05, 3.63) is 55.8 Å². The molecule has 0 amide bonds. The number of fused-ring (bicyclic) bond motifs is 1. The van der Waals surface area contributed by atoms with E-state index in [1.165, 1.54) is 27.1 Å². The molecule has 0 radical (unpaired) electrons. The van der Waals surface area contributed by atoms with Crippen LogP contribution < -0.4 is 5.69 Å². The second kappa shape index (κ2) is 4.63. The molecule has 0 spiro atoms. The third-order valence-electron chi connectivity index (χ3n) is 4.00. The summed E-state index contributed by atoms with van der Waals surface area (Å²) in [6.45, 7) is 8.99. The van der Waals surface area contributed by atoms with Crippen LogP contribution in [0, 0.1) is 27.7 Å². The second-order valence-electron chi connectivity index (χ2n) is 5.40. The van der Waals surface area contributed by atoms with Gasteiger partial charge in [0.25, 0.3) is 0 Å². The van der Waals surface area contributed by atoms with Crippen molar-refractivity contribution in [3.63, 3.8) is 0 Å². The van der Waals surface area contributed by atoms with Crippen LogP contribution in [0.4, 0.5) is 0 Å². The summed E-state index contributed by atoms with van der Waals surface area (Å²) >= 11 is 1.68. The lowest BCUT2D eigenvalue weighted by molar-refractivity contribution is 0.790. The lowest BCUT2D eigenvalue weighted by Crippen LogP contribution is -2.17. The highest BCUT2D eigenvalue weighted by Crippen LogP contribution is 2.28. The van der Waals surface area contributed by atoms with Gasteiger partial charge in [0.15, 0.2) is 0 Å². The van der Waals surface area contributed by atoms with Crippen LogP contribution in [0.15, 0.2) is 23.0 Å². The quantitative estimate of drug-likeness (QED) is 0.767. The molecular weight excluding hydrogens is 268 g/mol. The first-order valence-electron chi connectivity index (χ1n) is 6.72. The highest BCUT2D eigenvalue weighted by atomic mass is 32.1. The lowest BCUT2D eigenvalue weighted by Gasteiger charge is -2.06. The number of benzene rings is 1. The van der Waals surface area contributed by atoms with E-state index in [4.69, 9.17) is 0 Å². The van der Waals surface area contributed by atoms with Crippen LogP contribution in [-0.2, 0) is 6.54 Å². The topological polar surface area (TPSA) is 37.8 Å². The Bertz CT molecular complexity index is 851. The molecule has 0 saturated heterocycles. The number of thiophene rings is 1. The fraction of sp³-hybridized carbons (Fsp3) is 0.312. The Morgan fingerprint density at radius 1 is 1.15 bits per heavy atom. The van der Waals surface area contributed by atoms with Crippen LogP contribution in [0.3, 0.4) is 0 Å². The van der Waals surface area contributed by atoms with Crippen molar-refractivity contribution >= 4 is 21.7 Å². The summed E-state index contributed by atoms with van der Waals surface area (Å²) in [5.74, 6) is 0. The molecule has 0 atom stereocenters. The molecule has 20 heavy (non-hydrogen) atoms. The van der Waals surface area contributed by atoms with E-state index in [1.807, 2.05) is 4.57 Å². The molecule has 2 aromatic heterocycles. The number of aryl methyl sites for hydroxylation is 4. The molecule has 2 heterocycles. The van der Waals surface area contributed by atoms with Gasteiger partial charge in [-0.3, -0.25) is 4.57 Å². The monoisotopic (exact) mass is 286 g/mol. The molecule has 3 aromatic rings. The Morgan fingerprint density at radius 3 is 2.60 bits per heavy atom. The average Bonchev–Trinajstić information content (AvgIpc) is 2.84. The predicted molar refractivity (Wildman–Crippen MR) is 84.9 cm³/mol. The normalized spacial score (nSPS) is 11.4. The minimum absolute atomic E-state index is 0.0208. The van der Waals surface area contributed by atoms with Gasteiger partial charge in [-0.2, -0.15) is 0 Å². The van der Waals surface area contributed by atoms with E-state index in [2.05, 4.69) is 50.9 Å². The number of H-pyrrole nitrogens is 1. The molecule has 0 bridgehead atoms. The summed E-state index contributed by atoms with van der Waals surface area (Å²) in [5, 5.41) is 0. The summed E-state index contributed by atoms with van der Waals surface area (Å²) < 4.78 is 1.84. The molecule has 0 fully saturated rings. The highest BCUT2D eigenvalue weighted by Gasteiger charge is 2.13. The van der Waals surface area contributed by atoms with Gasteiger partial charge in [-0.1, -0.05) is 18.2 Å². The molecule has 3 nitrogen and oxygen atoms in total. The van der Waals surface area contributed by atoms with Crippen LogP contribution in [0.2, 0.25) is 0 Å². The summed E-state index contributed by atoms with van der Waals surface area (Å²) in [4.78, 5) is 17.4. The van der Waals surface area contributed by atoms with Gasteiger partial charge in [0, 0.05) is 4.88 Å². The molecule has 104 valence electrons. The molecule has 1 N–H and O–H groups in total. The van der Waals surface area contributed by atoms with Gasteiger partial charge in [-0.25, -0.2) is 4.79 Å². The van der Waals surface area contributed by atoms with E-state index in [0.717, 1.165) is 10.3 Å². The predicted octanol–water partition coefficient (Wildman–Crippen LogP) is 3.67. The summed E-state index contributed by atoms with van der Waals surface area (Å²) in [6, 6.07) is 6.37. The Morgan fingerprint density at radius 2 is 1.90 bits per heavy atom. The van der Waals surface area contributed by atoms with Gasteiger partial charge in [-0.15, -0.1) is 11.3 Å². The van der Waals surface area contributed by atoms with Crippen molar-refractivity contribution < 1.29 is 0 Å². The largest absolute Gasteiger partial charge is 0.327 e. The second-order valence-corrected chi connectivity index (χ2v) is 6.60. The van der Waals surface area contributed by atoms with Gasteiger partial charge >= 0.3 is 5.69 Å². The number of nitrogens with one attached hydrogen (secondary N) is 1. The van der Waals surface area contributed by atoms with Crippen LogP contribution in [0.1, 0.15) is 27.1 Å². The number of aromatic amines is 1. The molecule has 0 aliphatic rings. The molecule has 0 aliphatic carbocycles. The van der Waals surface area contributed by atoms with E-state index >= 15 is 0 Å². The first kappa shape index (κ1) is 13.2. The zero-order chi connectivity index (χ0) is 14.4. The summed E-state index contributed by atoms with van der Waals surface area (Å²) in [7, 11) is 0. The van der Waals surface area contributed by atoms with Gasteiger partial charge in [0.1, 0.15) is 4.83 Å². The molecule has 0 aliphatic heterocycles. The first-order chi connectivity index (χ1) is 9.47. The van der Waals surface area contributed by atoms with E-state index in [-0.39, 0.29) is 5.69 Å². The van der Waals surface area contributed by atoms with Crippen LogP contribution >= 0.6 is 11.3 Å². The number of hydrogen-bond acceptors (Lipinski definition) is 2. The Labute approximate surface area is 121 Å². The lowest BCUT2D eigenvalue weighted by atomic mass is 10.1. The fourth-order valence-corrected chi connectivity index (χ4v) is 3.55. The third-order valence-corrected chi connectivity index (χ3v) is 5.23. The zero-order valence-corrected chi connectivity index (χ0v) is 13.0. The molecule has 0 unspecified atom stereocenters. The highest BCUT2D eigenvalue weighted by molar-refractivity contribution is 7.18. The molecular formula is C16H18N2OS. The van der Waals surface area contributed by atoms with E-state index in [1.54, 1.807) is 11.3 Å². The fourth-order valence-electron chi connectivity index (χ4n) is 2.44. The van der Waals surface area contributed by atoms with Crippen molar-refractivity contribution in [1.29, 1.82) is 0 Å². The maximum atomic E-state index is 12.1. The first-order valence-corrected chi connectivity index (χ1v) is 7.53. The van der Waals surface area contributed by atoms with Crippen LogP contribution in [0.25, 0.3) is 10.3 Å². The van der Waals surface area contributed by atoms with Crippen molar-refractivity contribution in [2.24, 2.45) is 0 Å². The smallest absolute Gasteiger partial charge is 0.304 e. The third kappa shape index (κ3) is 2.00. The zero-order valence-electron chi connectivity index (χ0n) is 12.2. The minimum atomic E-state index is -0.0208. The number of rotatable bonds is 2. The van der Waals surface area contributed by atoms with Crippen LogP contribution in [-0.4, -0.2) is 9.55 Å². The molecule has 3 rings (SSSR count). The standard InChI is InChI=1S/C16H18N2OS/c1-9-5-6-13(7-10(9)2)8-18-15-14(17-16(18)19)11(3)12(4)20-15/h5-7H,8H2,1-4H3,(H,17,19).